The van der Waals surface area contributed by atoms with E-state index in [1.807, 2.05) is 74.7 Å². The van der Waals surface area contributed by atoms with Crippen LogP contribution in [0.4, 0.5) is 0 Å². The van der Waals surface area contributed by atoms with E-state index in [1.54, 1.807) is 0 Å². The van der Waals surface area contributed by atoms with E-state index < -0.39 is 24.1 Å². The quantitative estimate of drug-likeness (QED) is 0.0697. The summed E-state index contributed by atoms with van der Waals surface area (Å²) in [4.78, 5) is 24.1. The molecule has 0 radical (unpaired) electrons. The van der Waals surface area contributed by atoms with Crippen LogP contribution in [-0.2, 0) is 28.5 Å². The number of carbonyl (C=O) groups is 2. The van der Waals surface area contributed by atoms with Crippen molar-refractivity contribution < 1.29 is 38.0 Å². The maximum absolute atomic E-state index is 12.1. The molecule has 2 aromatic rings. The normalized spacial score (nSPS) is 18.5. The summed E-state index contributed by atoms with van der Waals surface area (Å²) in [7, 11) is 0. The molecule has 0 N–H and O–H groups in total. The van der Waals surface area contributed by atoms with Crippen LogP contribution < -0.4 is 9.47 Å². The SMILES string of the molecule is C=CC(=O)OC(COCCC1CSCCS1)COc1c(C)cc(-c2cc(C)c(OCC(COCCC3CSCCS3)OC(=O)C=C)c(C)c2)cc1C. The number of carbonyl (C=O) groups excluding carboxylic acids is 2. The Balaban J connectivity index is 1.34. The summed E-state index contributed by atoms with van der Waals surface area (Å²) in [6.07, 6.45) is 3.18. The Morgan fingerprint density at radius 3 is 1.37 bits per heavy atom. The summed E-state index contributed by atoms with van der Waals surface area (Å²) in [6.45, 7) is 17.2. The lowest BCUT2D eigenvalue weighted by Crippen LogP contribution is -2.30. The van der Waals surface area contributed by atoms with Gasteiger partial charge < -0.3 is 28.4 Å². The highest BCUT2D eigenvalue weighted by atomic mass is 32.2. The van der Waals surface area contributed by atoms with Gasteiger partial charge >= 0.3 is 11.9 Å². The second-order valence-electron chi connectivity index (χ2n) is 12.9. The van der Waals surface area contributed by atoms with Gasteiger partial charge in [-0.3, -0.25) is 0 Å². The van der Waals surface area contributed by atoms with Gasteiger partial charge in [-0.15, -0.1) is 0 Å². The van der Waals surface area contributed by atoms with Crippen LogP contribution in [0.15, 0.2) is 49.6 Å². The van der Waals surface area contributed by atoms with Crippen LogP contribution in [-0.4, -0.2) is 109 Å². The predicted molar refractivity (Wildman–Crippen MR) is 220 cm³/mol. The molecule has 0 saturated carbocycles. The maximum atomic E-state index is 12.1. The van der Waals surface area contributed by atoms with E-state index in [1.165, 1.54) is 23.0 Å². The summed E-state index contributed by atoms with van der Waals surface area (Å²) in [5.74, 6) is 7.63. The van der Waals surface area contributed by atoms with Gasteiger partial charge in [0.1, 0.15) is 24.7 Å². The molecule has 2 heterocycles. The molecular weight excluding hydrogens is 737 g/mol. The summed E-state index contributed by atoms with van der Waals surface area (Å²) in [5.41, 5.74) is 5.99. The lowest BCUT2D eigenvalue weighted by atomic mass is 9.96. The summed E-state index contributed by atoms with van der Waals surface area (Å²) < 4.78 is 35.5. The number of benzene rings is 2. The first-order chi connectivity index (χ1) is 25.2. The summed E-state index contributed by atoms with van der Waals surface area (Å²) in [6, 6.07) is 8.41. The van der Waals surface area contributed by atoms with Crippen molar-refractivity contribution in [3.8, 4) is 22.6 Å². The molecule has 8 nitrogen and oxygen atoms in total. The van der Waals surface area contributed by atoms with Crippen molar-refractivity contribution in [3.05, 3.63) is 71.8 Å². The average molecular weight is 791 g/mol. The van der Waals surface area contributed by atoms with E-state index in [9.17, 15) is 9.59 Å². The van der Waals surface area contributed by atoms with E-state index in [0.29, 0.717) is 23.7 Å². The molecule has 0 spiro atoms. The minimum atomic E-state index is -0.554. The second kappa shape index (κ2) is 22.9. The Hall–Kier alpha value is -2.22. The lowest BCUT2D eigenvalue weighted by molar-refractivity contribution is -0.148. The number of aryl methyl sites for hydroxylation is 4. The number of thioether (sulfide) groups is 4. The Morgan fingerprint density at radius 2 is 1.04 bits per heavy atom. The molecule has 2 aliphatic heterocycles. The molecule has 0 bridgehead atoms. The largest absolute Gasteiger partial charge is 0.489 e. The van der Waals surface area contributed by atoms with Gasteiger partial charge in [0.05, 0.1) is 13.2 Å². The molecule has 2 aliphatic rings. The Kier molecular flexibility index (Phi) is 18.7. The van der Waals surface area contributed by atoms with Crippen molar-refractivity contribution in [3.63, 3.8) is 0 Å². The number of ether oxygens (including phenoxy) is 6. The van der Waals surface area contributed by atoms with Gasteiger partial charge in [-0.1, -0.05) is 13.2 Å². The third-order valence-electron chi connectivity index (χ3n) is 8.53. The molecule has 12 heteroatoms. The molecule has 4 unspecified atom stereocenters. The molecule has 0 amide bonds. The predicted octanol–water partition coefficient (Wildman–Crippen LogP) is 8.05. The topological polar surface area (TPSA) is 89.5 Å². The molecule has 4 rings (SSSR count). The van der Waals surface area contributed by atoms with Crippen molar-refractivity contribution in [2.75, 3.05) is 74.2 Å². The highest BCUT2D eigenvalue weighted by Gasteiger charge is 2.21. The molecular formula is C40H54O8S4. The summed E-state index contributed by atoms with van der Waals surface area (Å²) in [5, 5.41) is 1.21. The standard InChI is InChI=1S/C40H54O8S4/c1-7-37(41)47-33(21-43-11-9-35-25-49-13-15-51-35)23-45-39-27(3)17-31(18-28(39)4)32-19-29(5)40(30(6)20-32)46-24-34(48-38(42)8-2)22-44-12-10-36-26-50-14-16-52-36/h7-8,17-20,33-36H,1-2,9-16,21-26H2,3-6H3. The molecule has 52 heavy (non-hydrogen) atoms. The smallest absolute Gasteiger partial charge is 0.330 e. The molecule has 2 aromatic carbocycles. The zero-order chi connectivity index (χ0) is 37.3. The van der Waals surface area contributed by atoms with Gasteiger partial charge in [0, 0.05) is 70.4 Å². The van der Waals surface area contributed by atoms with Crippen LogP contribution >= 0.6 is 47.0 Å². The third-order valence-corrected chi connectivity index (χ3v) is 14.4. The van der Waals surface area contributed by atoms with Crippen molar-refractivity contribution in [1.29, 1.82) is 0 Å². The third kappa shape index (κ3) is 14.2. The van der Waals surface area contributed by atoms with Gasteiger partial charge in [-0.05, 0) is 98.2 Å². The Morgan fingerprint density at radius 1 is 0.654 bits per heavy atom. The van der Waals surface area contributed by atoms with Crippen molar-refractivity contribution in [2.45, 2.75) is 63.2 Å². The lowest BCUT2D eigenvalue weighted by Gasteiger charge is -2.23. The molecule has 4 atom stereocenters. The van der Waals surface area contributed by atoms with E-state index in [0.717, 1.165) is 81.4 Å². The maximum Gasteiger partial charge on any atom is 0.330 e. The monoisotopic (exact) mass is 790 g/mol. The molecule has 286 valence electrons. The highest BCUT2D eigenvalue weighted by molar-refractivity contribution is 8.07. The van der Waals surface area contributed by atoms with Crippen LogP contribution in [0.2, 0.25) is 0 Å². The van der Waals surface area contributed by atoms with Gasteiger partial charge in [0.25, 0.3) is 0 Å². The van der Waals surface area contributed by atoms with Crippen molar-refractivity contribution in [1.82, 2.24) is 0 Å². The van der Waals surface area contributed by atoms with Crippen molar-refractivity contribution >= 4 is 59.0 Å². The molecule has 2 fully saturated rings. The number of hydrogen-bond acceptors (Lipinski definition) is 12. The van der Waals surface area contributed by atoms with Gasteiger partial charge in [-0.2, -0.15) is 47.0 Å². The zero-order valence-electron chi connectivity index (χ0n) is 31.0. The molecule has 0 aromatic heterocycles. The number of hydrogen-bond donors (Lipinski definition) is 0. The molecule has 0 aliphatic carbocycles. The fraction of sp³-hybridized carbons (Fsp3) is 0.550. The minimum Gasteiger partial charge on any atom is -0.489 e. The van der Waals surface area contributed by atoms with E-state index in [4.69, 9.17) is 28.4 Å². The van der Waals surface area contributed by atoms with E-state index in [2.05, 4.69) is 37.4 Å². The number of rotatable bonds is 21. The first kappa shape index (κ1) is 42.5. The van der Waals surface area contributed by atoms with Crippen LogP contribution in [0.3, 0.4) is 0 Å². The molecule has 2 saturated heterocycles. The zero-order valence-corrected chi connectivity index (χ0v) is 34.3. The van der Waals surface area contributed by atoms with Gasteiger partial charge in [-0.25, -0.2) is 9.59 Å². The van der Waals surface area contributed by atoms with Gasteiger partial charge in [0.2, 0.25) is 0 Å². The fourth-order valence-corrected chi connectivity index (χ4v) is 11.4. The van der Waals surface area contributed by atoms with E-state index in [-0.39, 0.29) is 26.4 Å². The van der Waals surface area contributed by atoms with E-state index >= 15 is 0 Å². The summed E-state index contributed by atoms with van der Waals surface area (Å²) >= 11 is 8.01. The van der Waals surface area contributed by atoms with Crippen molar-refractivity contribution in [2.24, 2.45) is 0 Å². The number of esters is 2. The van der Waals surface area contributed by atoms with Crippen LogP contribution in [0.1, 0.15) is 35.1 Å². The van der Waals surface area contributed by atoms with Crippen LogP contribution in [0.5, 0.6) is 11.5 Å². The van der Waals surface area contributed by atoms with Crippen LogP contribution in [0, 0.1) is 27.7 Å². The second-order valence-corrected chi connectivity index (χ2v) is 18.0. The first-order valence-corrected chi connectivity index (χ1v) is 22.3. The van der Waals surface area contributed by atoms with Gasteiger partial charge in [0.15, 0.2) is 12.2 Å². The van der Waals surface area contributed by atoms with Crippen LogP contribution in [0.25, 0.3) is 11.1 Å². The average Bonchev–Trinajstić information content (AvgIpc) is 3.14. The fourth-order valence-electron chi connectivity index (χ4n) is 5.96. The highest BCUT2D eigenvalue weighted by Crippen LogP contribution is 2.35. The minimum absolute atomic E-state index is 0.172. The Bertz CT molecular complexity index is 1320. The Labute approximate surface area is 327 Å². The first-order valence-electron chi connectivity index (χ1n) is 17.9.